The van der Waals surface area contributed by atoms with Gasteiger partial charge in [0.15, 0.2) is 5.78 Å². The molecule has 0 saturated heterocycles. The fraction of sp³-hybridized carbons (Fsp3) is 0. The van der Waals surface area contributed by atoms with Crippen LogP contribution in [0.15, 0.2) is 77.6 Å². The van der Waals surface area contributed by atoms with Gasteiger partial charge in [-0.05, 0) is 53.6 Å². The van der Waals surface area contributed by atoms with E-state index in [1.807, 2.05) is 30.3 Å². The van der Waals surface area contributed by atoms with Gasteiger partial charge in [-0.1, -0.05) is 71.2 Å². The van der Waals surface area contributed by atoms with Crippen molar-refractivity contribution in [3.63, 3.8) is 0 Å². The molecule has 0 amide bonds. The zero-order valence-corrected chi connectivity index (χ0v) is 17.7. The molecule has 1 heterocycles. The van der Waals surface area contributed by atoms with E-state index in [1.165, 1.54) is 6.08 Å². The molecular weight excluding hydrogens is 441 g/mol. The lowest BCUT2D eigenvalue weighted by Gasteiger charge is -2.11. The van der Waals surface area contributed by atoms with Crippen molar-refractivity contribution in [3.8, 4) is 11.1 Å². The lowest BCUT2D eigenvalue weighted by atomic mass is 9.94. The highest BCUT2D eigenvalue weighted by molar-refractivity contribution is 6.35. The van der Waals surface area contributed by atoms with Crippen LogP contribution in [0.1, 0.15) is 15.9 Å². The molecule has 1 N–H and O–H groups in total. The van der Waals surface area contributed by atoms with Gasteiger partial charge < -0.3 is 4.98 Å². The summed E-state index contributed by atoms with van der Waals surface area (Å²) in [5.74, 6) is -0.442. The number of ketones is 1. The Morgan fingerprint density at radius 1 is 0.867 bits per heavy atom. The minimum Gasteiger partial charge on any atom is -0.321 e. The standard InChI is InChI=1S/C24H14Cl3NO2/c25-16-9-10-20-18(12-16)22(15-4-2-1-3-5-15)23(24(30)28-20)21(29)11-7-14-6-8-17(26)13-19(14)27/h1-13H,(H,28,30). The summed E-state index contributed by atoms with van der Waals surface area (Å²) < 4.78 is 0. The first-order valence-electron chi connectivity index (χ1n) is 9.02. The number of fused-ring (bicyclic) bond motifs is 1. The van der Waals surface area contributed by atoms with E-state index in [4.69, 9.17) is 34.8 Å². The van der Waals surface area contributed by atoms with Gasteiger partial charge in [0.1, 0.15) is 0 Å². The van der Waals surface area contributed by atoms with Gasteiger partial charge in [0.05, 0.1) is 5.56 Å². The van der Waals surface area contributed by atoms with Crippen LogP contribution in [0.25, 0.3) is 28.1 Å². The molecule has 0 saturated carbocycles. The topological polar surface area (TPSA) is 49.9 Å². The summed E-state index contributed by atoms with van der Waals surface area (Å²) in [5, 5.41) is 2.11. The fourth-order valence-electron chi connectivity index (χ4n) is 3.29. The highest BCUT2D eigenvalue weighted by atomic mass is 35.5. The molecule has 0 radical (unpaired) electrons. The predicted molar refractivity (Wildman–Crippen MR) is 125 cm³/mol. The van der Waals surface area contributed by atoms with Crippen molar-refractivity contribution in [2.75, 3.05) is 0 Å². The molecule has 148 valence electrons. The van der Waals surface area contributed by atoms with Crippen molar-refractivity contribution in [2.24, 2.45) is 0 Å². The van der Waals surface area contributed by atoms with E-state index in [1.54, 1.807) is 42.5 Å². The molecule has 6 heteroatoms. The molecule has 3 nitrogen and oxygen atoms in total. The van der Waals surface area contributed by atoms with Crippen LogP contribution in [-0.4, -0.2) is 10.8 Å². The first kappa shape index (κ1) is 20.4. The van der Waals surface area contributed by atoms with E-state index < -0.39 is 11.3 Å². The zero-order chi connectivity index (χ0) is 21.3. The summed E-state index contributed by atoms with van der Waals surface area (Å²) in [5.41, 5.74) is 2.07. The molecule has 0 fully saturated rings. The average Bonchev–Trinajstić information content (AvgIpc) is 2.73. The highest BCUT2D eigenvalue weighted by Crippen LogP contribution is 2.32. The predicted octanol–water partition coefficient (Wildman–Crippen LogP) is 7.05. The van der Waals surface area contributed by atoms with E-state index in [0.29, 0.717) is 37.1 Å². The summed E-state index contributed by atoms with van der Waals surface area (Å²) in [4.78, 5) is 28.8. The van der Waals surface area contributed by atoms with Crippen molar-refractivity contribution in [1.29, 1.82) is 0 Å². The third-order valence-corrected chi connectivity index (χ3v) is 5.46. The molecular formula is C24H14Cl3NO2. The number of hydrogen-bond donors (Lipinski definition) is 1. The van der Waals surface area contributed by atoms with Gasteiger partial charge >= 0.3 is 0 Å². The number of benzene rings is 3. The van der Waals surface area contributed by atoms with Crippen molar-refractivity contribution in [2.45, 2.75) is 0 Å². The van der Waals surface area contributed by atoms with E-state index >= 15 is 0 Å². The van der Waals surface area contributed by atoms with Gasteiger partial charge in [-0.3, -0.25) is 9.59 Å². The Bertz CT molecular complexity index is 1360. The van der Waals surface area contributed by atoms with Crippen LogP contribution >= 0.6 is 34.8 Å². The number of nitrogens with one attached hydrogen (secondary N) is 1. The second-order valence-electron chi connectivity index (χ2n) is 6.62. The molecule has 3 aromatic carbocycles. The SMILES string of the molecule is O=C(C=Cc1ccc(Cl)cc1Cl)c1c(-c2ccccc2)c2cc(Cl)ccc2[nH]c1=O. The number of carbonyl (C=O) groups excluding carboxylic acids is 1. The van der Waals surface area contributed by atoms with Gasteiger partial charge in [0.2, 0.25) is 0 Å². The lowest BCUT2D eigenvalue weighted by Crippen LogP contribution is -2.18. The van der Waals surface area contributed by atoms with Crippen LogP contribution < -0.4 is 5.56 Å². The summed E-state index contributed by atoms with van der Waals surface area (Å²) in [6, 6.07) is 19.4. The Morgan fingerprint density at radius 2 is 1.57 bits per heavy atom. The molecule has 0 aliphatic heterocycles. The average molecular weight is 455 g/mol. The second-order valence-corrected chi connectivity index (χ2v) is 7.90. The van der Waals surface area contributed by atoms with Gasteiger partial charge in [-0.2, -0.15) is 0 Å². The first-order chi connectivity index (χ1) is 14.4. The third-order valence-electron chi connectivity index (χ3n) is 4.66. The van der Waals surface area contributed by atoms with Crippen molar-refractivity contribution < 1.29 is 4.79 Å². The quantitative estimate of drug-likeness (QED) is 0.265. The number of rotatable bonds is 4. The van der Waals surface area contributed by atoms with Crippen LogP contribution in [-0.2, 0) is 0 Å². The maximum Gasteiger partial charge on any atom is 0.260 e. The van der Waals surface area contributed by atoms with Crippen molar-refractivity contribution in [3.05, 3.63) is 109 Å². The summed E-state index contributed by atoms with van der Waals surface area (Å²) in [6.07, 6.45) is 2.90. The number of allylic oxidation sites excluding steroid dienone is 1. The number of pyridine rings is 1. The van der Waals surface area contributed by atoms with Gasteiger partial charge in [0, 0.05) is 31.5 Å². The number of H-pyrrole nitrogens is 1. The summed E-state index contributed by atoms with van der Waals surface area (Å²) >= 11 is 18.3. The molecule has 0 aliphatic rings. The van der Waals surface area contributed by atoms with Gasteiger partial charge in [-0.15, -0.1) is 0 Å². The van der Waals surface area contributed by atoms with E-state index in [2.05, 4.69) is 4.98 Å². The van der Waals surface area contributed by atoms with Crippen LogP contribution in [0.4, 0.5) is 0 Å². The van der Waals surface area contributed by atoms with Crippen molar-refractivity contribution in [1.82, 2.24) is 4.98 Å². The maximum atomic E-state index is 13.1. The first-order valence-corrected chi connectivity index (χ1v) is 10.2. The van der Waals surface area contributed by atoms with Crippen molar-refractivity contribution >= 4 is 57.6 Å². The number of hydrogen-bond acceptors (Lipinski definition) is 2. The Balaban J connectivity index is 1.91. The highest BCUT2D eigenvalue weighted by Gasteiger charge is 2.19. The number of aromatic amines is 1. The molecule has 30 heavy (non-hydrogen) atoms. The minimum atomic E-state index is -0.472. The third kappa shape index (κ3) is 4.05. The summed E-state index contributed by atoms with van der Waals surface area (Å²) in [7, 11) is 0. The van der Waals surface area contributed by atoms with Crippen LogP contribution in [0.2, 0.25) is 15.1 Å². The molecule has 0 unspecified atom stereocenters. The van der Waals surface area contributed by atoms with Gasteiger partial charge in [0.25, 0.3) is 5.56 Å². The van der Waals surface area contributed by atoms with Crippen LogP contribution in [0.5, 0.6) is 0 Å². The largest absolute Gasteiger partial charge is 0.321 e. The molecule has 4 aromatic rings. The molecule has 0 spiro atoms. The van der Waals surface area contributed by atoms with E-state index in [-0.39, 0.29) is 5.56 Å². The fourth-order valence-corrected chi connectivity index (χ4v) is 3.93. The molecule has 0 bridgehead atoms. The normalized spacial score (nSPS) is 11.3. The Morgan fingerprint density at radius 3 is 2.30 bits per heavy atom. The van der Waals surface area contributed by atoms with E-state index in [0.717, 1.165) is 5.56 Å². The van der Waals surface area contributed by atoms with E-state index in [9.17, 15) is 9.59 Å². The minimum absolute atomic E-state index is 0.0392. The Hall–Kier alpha value is -2.85. The number of halogens is 3. The smallest absolute Gasteiger partial charge is 0.260 e. The Kier molecular flexibility index (Phi) is 5.78. The number of aromatic nitrogens is 1. The number of carbonyl (C=O) groups is 1. The maximum absolute atomic E-state index is 13.1. The van der Waals surface area contributed by atoms with Crippen LogP contribution in [0.3, 0.4) is 0 Å². The molecule has 4 rings (SSSR count). The zero-order valence-electron chi connectivity index (χ0n) is 15.5. The van der Waals surface area contributed by atoms with Crippen LogP contribution in [0, 0.1) is 0 Å². The van der Waals surface area contributed by atoms with Gasteiger partial charge in [-0.25, -0.2) is 0 Å². The Labute approximate surface area is 187 Å². The molecule has 0 atom stereocenters. The molecule has 1 aromatic heterocycles. The monoisotopic (exact) mass is 453 g/mol. The molecule has 0 aliphatic carbocycles. The lowest BCUT2D eigenvalue weighted by molar-refractivity contribution is 0.104. The summed E-state index contributed by atoms with van der Waals surface area (Å²) in [6.45, 7) is 0. The second kappa shape index (κ2) is 8.49.